The maximum atomic E-state index is 10.3. The molecule has 0 radical (unpaired) electrons. The fraction of sp³-hybridized carbons (Fsp3) is 0.833. The summed E-state index contributed by atoms with van der Waals surface area (Å²) in [5.41, 5.74) is 0. The van der Waals surface area contributed by atoms with Crippen molar-refractivity contribution >= 4 is 40.7 Å². The average molecular weight is 342 g/mol. The van der Waals surface area contributed by atoms with Gasteiger partial charge in [-0.1, -0.05) is 70.4 Å². The molecule has 0 aromatic heterocycles. The summed E-state index contributed by atoms with van der Waals surface area (Å²) < 4.78 is 0. The van der Waals surface area contributed by atoms with Crippen LogP contribution >= 0.6 is 0 Å². The van der Waals surface area contributed by atoms with Crippen molar-refractivity contribution in [1.29, 1.82) is 0 Å². The quantitative estimate of drug-likeness (QED) is 0.280. The number of hydrogen-bond donors (Lipinski definition) is 1. The number of allylic oxidation sites excluding steroid dienone is 2. The molecule has 0 aliphatic heterocycles. The van der Waals surface area contributed by atoms with E-state index in [1.807, 2.05) is 0 Å². The summed E-state index contributed by atoms with van der Waals surface area (Å²) in [4.78, 5) is 10.3. The van der Waals surface area contributed by atoms with Gasteiger partial charge < -0.3 is 5.11 Å². The van der Waals surface area contributed by atoms with Crippen LogP contribution in [0.5, 0.6) is 0 Å². The molecule has 0 unspecified atom stereocenters. The van der Waals surface area contributed by atoms with Gasteiger partial charge in [-0.15, -0.1) is 0 Å². The highest BCUT2D eigenvalue weighted by atomic mass is 27.0. The number of hydrogen-bond acceptors (Lipinski definition) is 1. The van der Waals surface area contributed by atoms with Gasteiger partial charge in [0.05, 0.1) is 0 Å². The second-order valence-corrected chi connectivity index (χ2v) is 5.73. The van der Waals surface area contributed by atoms with E-state index in [2.05, 4.69) is 19.1 Å². The minimum Gasteiger partial charge on any atom is -0.481 e. The molecule has 0 fully saturated rings. The van der Waals surface area contributed by atoms with Gasteiger partial charge in [0.15, 0.2) is 34.7 Å². The summed E-state index contributed by atoms with van der Waals surface area (Å²) >= 11 is 0. The Balaban J connectivity index is -0.00000180. The maximum absolute atomic E-state index is 10.3. The van der Waals surface area contributed by atoms with Crippen molar-refractivity contribution in [2.24, 2.45) is 0 Å². The summed E-state index contributed by atoms with van der Waals surface area (Å²) in [7, 11) is 0. The molecule has 0 aliphatic rings. The molecule has 0 saturated carbocycles. The summed E-state index contributed by atoms with van der Waals surface area (Å²) in [5.74, 6) is -0.664. The molecule has 0 rings (SSSR count). The van der Waals surface area contributed by atoms with E-state index >= 15 is 0 Å². The number of carboxylic acid groups (broad SMARTS) is 1. The SMILES string of the molecule is CCCCCCCC/C=C\CCCCCCCC(=O)O.[AlH3].[AlH3]. The van der Waals surface area contributed by atoms with Crippen LogP contribution in [0.1, 0.15) is 96.8 Å². The zero-order chi connectivity index (χ0) is 14.9. The maximum Gasteiger partial charge on any atom is 0.303 e. The highest BCUT2D eigenvalue weighted by molar-refractivity contribution is 5.76. The van der Waals surface area contributed by atoms with Gasteiger partial charge in [-0.2, -0.15) is 0 Å². The first-order chi connectivity index (χ1) is 9.77. The van der Waals surface area contributed by atoms with Crippen LogP contribution in [0.3, 0.4) is 0 Å². The molecule has 1 N–H and O–H groups in total. The molecule has 0 bridgehead atoms. The zero-order valence-electron chi connectivity index (χ0n) is 13.4. The molecular formula is C18H40Al2O2. The fourth-order valence-corrected chi connectivity index (χ4v) is 2.35. The Hall–Kier alpha value is 0.275. The predicted molar refractivity (Wildman–Crippen MR) is 107 cm³/mol. The second-order valence-electron chi connectivity index (χ2n) is 5.73. The topological polar surface area (TPSA) is 37.3 Å². The van der Waals surface area contributed by atoms with E-state index in [4.69, 9.17) is 5.11 Å². The third-order valence-electron chi connectivity index (χ3n) is 3.65. The molecule has 4 heteroatoms. The van der Waals surface area contributed by atoms with Crippen LogP contribution in [-0.4, -0.2) is 45.8 Å². The lowest BCUT2D eigenvalue weighted by molar-refractivity contribution is -0.137. The first kappa shape index (κ1) is 27.1. The van der Waals surface area contributed by atoms with Gasteiger partial charge in [0.1, 0.15) is 0 Å². The Kier molecular flexibility index (Phi) is 29.0. The first-order valence-electron chi connectivity index (χ1n) is 8.64. The van der Waals surface area contributed by atoms with E-state index in [1.165, 1.54) is 70.6 Å². The van der Waals surface area contributed by atoms with Crippen LogP contribution < -0.4 is 0 Å². The van der Waals surface area contributed by atoms with Crippen molar-refractivity contribution in [2.45, 2.75) is 96.8 Å². The molecule has 0 saturated heterocycles. The molecule has 22 heavy (non-hydrogen) atoms. The largest absolute Gasteiger partial charge is 0.481 e. The molecule has 0 spiro atoms. The Labute approximate surface area is 159 Å². The highest BCUT2D eigenvalue weighted by Gasteiger charge is 1.95. The predicted octanol–water partition coefficient (Wildman–Crippen LogP) is 3.74. The van der Waals surface area contributed by atoms with Gasteiger partial charge in [0, 0.05) is 6.42 Å². The molecule has 0 aromatic carbocycles. The smallest absolute Gasteiger partial charge is 0.303 e. The zero-order valence-corrected chi connectivity index (χ0v) is 13.4. The highest BCUT2D eigenvalue weighted by Crippen LogP contribution is 2.09. The number of aliphatic carboxylic acids is 1. The molecular weight excluding hydrogens is 302 g/mol. The van der Waals surface area contributed by atoms with Gasteiger partial charge in [-0.05, 0) is 32.1 Å². The number of carbonyl (C=O) groups is 1. The van der Waals surface area contributed by atoms with Gasteiger partial charge in [-0.25, -0.2) is 0 Å². The van der Waals surface area contributed by atoms with Crippen LogP contribution in [0.2, 0.25) is 0 Å². The normalized spacial score (nSPS) is 10.2. The van der Waals surface area contributed by atoms with E-state index in [9.17, 15) is 4.79 Å². The van der Waals surface area contributed by atoms with Crippen LogP contribution in [0.25, 0.3) is 0 Å². The van der Waals surface area contributed by atoms with Crippen LogP contribution in [0.4, 0.5) is 0 Å². The van der Waals surface area contributed by atoms with Crippen molar-refractivity contribution in [3.05, 3.63) is 12.2 Å². The minimum atomic E-state index is -0.664. The Morgan fingerprint density at radius 1 is 0.727 bits per heavy atom. The van der Waals surface area contributed by atoms with Gasteiger partial charge in [-0.3, -0.25) is 4.79 Å². The van der Waals surface area contributed by atoms with Crippen molar-refractivity contribution in [3.63, 3.8) is 0 Å². The third-order valence-corrected chi connectivity index (χ3v) is 3.65. The lowest BCUT2D eigenvalue weighted by Gasteiger charge is -1.99. The number of unbranched alkanes of at least 4 members (excludes halogenated alkanes) is 11. The number of rotatable bonds is 15. The first-order valence-corrected chi connectivity index (χ1v) is 8.64. The lowest BCUT2D eigenvalue weighted by atomic mass is 10.1. The molecule has 0 atom stereocenters. The van der Waals surface area contributed by atoms with Gasteiger partial charge >= 0.3 is 5.97 Å². The van der Waals surface area contributed by atoms with E-state index in [0.717, 1.165) is 12.8 Å². The van der Waals surface area contributed by atoms with Crippen molar-refractivity contribution in [1.82, 2.24) is 0 Å². The summed E-state index contributed by atoms with van der Waals surface area (Å²) in [6.45, 7) is 2.26. The Bertz CT molecular complexity index is 243. The minimum absolute atomic E-state index is 0. The standard InChI is InChI=1S/C18H34O2.2Al.6H/c1-2-3-4-5-6-7-8-9-10-11-12-13-14-15-16-17-18(19)20;;;;;;;;/h9-10H,2-8,11-17H2,1H3,(H,19,20);;;;;;;;/b10-9-;;;;;;;;. The average Bonchev–Trinajstić information content (AvgIpc) is 2.43. The van der Waals surface area contributed by atoms with E-state index < -0.39 is 5.97 Å². The van der Waals surface area contributed by atoms with Crippen LogP contribution in [-0.2, 0) is 4.79 Å². The van der Waals surface area contributed by atoms with E-state index in [1.54, 1.807) is 0 Å². The van der Waals surface area contributed by atoms with Crippen molar-refractivity contribution in [3.8, 4) is 0 Å². The molecule has 0 aromatic rings. The second kappa shape index (κ2) is 23.5. The molecule has 130 valence electrons. The van der Waals surface area contributed by atoms with Gasteiger partial charge in [0.2, 0.25) is 0 Å². The molecule has 0 heterocycles. The molecule has 0 aliphatic carbocycles. The van der Waals surface area contributed by atoms with Crippen LogP contribution in [0, 0.1) is 0 Å². The monoisotopic (exact) mass is 342 g/mol. The van der Waals surface area contributed by atoms with Gasteiger partial charge in [0.25, 0.3) is 0 Å². The van der Waals surface area contributed by atoms with Crippen molar-refractivity contribution in [2.75, 3.05) is 0 Å². The van der Waals surface area contributed by atoms with E-state index in [-0.39, 0.29) is 34.7 Å². The summed E-state index contributed by atoms with van der Waals surface area (Å²) in [5, 5.41) is 8.51. The Morgan fingerprint density at radius 2 is 1.14 bits per heavy atom. The Morgan fingerprint density at radius 3 is 1.59 bits per heavy atom. The number of carboxylic acids is 1. The van der Waals surface area contributed by atoms with Crippen LogP contribution in [0.15, 0.2) is 12.2 Å². The molecule has 2 nitrogen and oxygen atoms in total. The summed E-state index contributed by atoms with van der Waals surface area (Å²) in [6.07, 6.45) is 21.2. The third kappa shape index (κ3) is 25.2. The summed E-state index contributed by atoms with van der Waals surface area (Å²) in [6, 6.07) is 0. The lowest BCUT2D eigenvalue weighted by Crippen LogP contribution is -1.93. The van der Waals surface area contributed by atoms with Crippen molar-refractivity contribution < 1.29 is 9.90 Å². The molecule has 0 amide bonds. The van der Waals surface area contributed by atoms with E-state index in [0.29, 0.717) is 6.42 Å². The fourth-order valence-electron chi connectivity index (χ4n) is 2.35.